The number of hydrogen-bond acceptors (Lipinski definition) is 0. The number of rotatable bonds is 6. The van der Waals surface area contributed by atoms with Crippen molar-refractivity contribution in [1.29, 1.82) is 0 Å². The Hall–Kier alpha value is -2.34. The van der Waals surface area contributed by atoms with Gasteiger partial charge in [-0.2, -0.15) is 0 Å². The Labute approximate surface area is 153 Å². The quantitative estimate of drug-likeness (QED) is 0.382. The van der Waals surface area contributed by atoms with Gasteiger partial charge in [-0.1, -0.05) is 85.7 Å². The van der Waals surface area contributed by atoms with E-state index in [1.165, 1.54) is 44.5 Å². The minimum absolute atomic E-state index is 1.11. The first-order valence-electron chi connectivity index (χ1n) is 9.15. The predicted molar refractivity (Wildman–Crippen MR) is 113 cm³/mol. The Morgan fingerprint density at radius 3 is 2.20 bits per heavy atom. The van der Waals surface area contributed by atoms with Crippen LogP contribution >= 0.6 is 0 Å². The van der Waals surface area contributed by atoms with Gasteiger partial charge in [-0.05, 0) is 67.5 Å². The molecule has 0 saturated heterocycles. The lowest BCUT2D eigenvalue weighted by molar-refractivity contribution is 0.921. The van der Waals surface area contributed by atoms with E-state index in [1.54, 1.807) is 0 Å². The van der Waals surface area contributed by atoms with Gasteiger partial charge in [-0.25, -0.2) is 0 Å². The van der Waals surface area contributed by atoms with Gasteiger partial charge in [0.25, 0.3) is 0 Å². The molecule has 25 heavy (non-hydrogen) atoms. The first-order valence-corrected chi connectivity index (χ1v) is 9.15. The van der Waals surface area contributed by atoms with Crippen LogP contribution in [0.5, 0.6) is 0 Å². The molecule has 130 valence electrons. The van der Waals surface area contributed by atoms with Gasteiger partial charge >= 0.3 is 0 Å². The fraction of sp³-hybridized carbons (Fsp3) is 0.280. The summed E-state index contributed by atoms with van der Waals surface area (Å²) >= 11 is 0. The molecule has 0 aliphatic rings. The normalized spacial score (nSPS) is 11.7. The van der Waals surface area contributed by atoms with E-state index >= 15 is 0 Å². The summed E-state index contributed by atoms with van der Waals surface area (Å²) in [4.78, 5) is 0. The van der Waals surface area contributed by atoms with Crippen LogP contribution in [0.3, 0.4) is 0 Å². The van der Waals surface area contributed by atoms with Crippen molar-refractivity contribution in [3.63, 3.8) is 0 Å². The van der Waals surface area contributed by atoms with Crippen molar-refractivity contribution >= 4 is 11.1 Å². The minimum atomic E-state index is 1.11. The van der Waals surface area contributed by atoms with Gasteiger partial charge < -0.3 is 0 Å². The van der Waals surface area contributed by atoms with Gasteiger partial charge in [0.05, 0.1) is 0 Å². The van der Waals surface area contributed by atoms with E-state index in [-0.39, 0.29) is 0 Å². The summed E-state index contributed by atoms with van der Waals surface area (Å²) in [5, 5.41) is 0. The SMILES string of the molecule is C=CC(=C(C)C)/C(=C(\C)c1ccc(C)cc1)c1cccc(CCC)c1. The Morgan fingerprint density at radius 2 is 1.64 bits per heavy atom. The molecule has 2 aromatic carbocycles. The number of allylic oxidation sites excluding steroid dienone is 5. The molecule has 0 fully saturated rings. The maximum Gasteiger partial charge on any atom is -0.00769 e. The zero-order valence-electron chi connectivity index (χ0n) is 16.3. The molecule has 0 aliphatic heterocycles. The molecule has 0 amide bonds. The van der Waals surface area contributed by atoms with Crippen LogP contribution in [0.15, 0.2) is 72.3 Å². The smallest absolute Gasteiger partial charge is 0.00769 e. The molecule has 0 N–H and O–H groups in total. The molecule has 0 atom stereocenters. The van der Waals surface area contributed by atoms with Crippen molar-refractivity contribution in [1.82, 2.24) is 0 Å². The maximum atomic E-state index is 4.09. The first-order chi connectivity index (χ1) is 12.0. The molecule has 0 radical (unpaired) electrons. The highest BCUT2D eigenvalue weighted by Gasteiger charge is 2.13. The average molecular weight is 331 g/mol. The van der Waals surface area contributed by atoms with E-state index in [1.807, 2.05) is 6.08 Å². The fourth-order valence-corrected chi connectivity index (χ4v) is 3.25. The van der Waals surface area contributed by atoms with E-state index in [2.05, 4.69) is 89.7 Å². The van der Waals surface area contributed by atoms with Gasteiger partial charge in [0, 0.05) is 0 Å². The van der Waals surface area contributed by atoms with E-state index in [0.717, 1.165) is 12.8 Å². The monoisotopic (exact) mass is 330 g/mol. The third kappa shape index (κ3) is 4.60. The highest BCUT2D eigenvalue weighted by molar-refractivity contribution is 5.99. The Balaban J connectivity index is 2.71. The molecule has 0 unspecified atom stereocenters. The minimum Gasteiger partial charge on any atom is -0.0984 e. The summed E-state index contributed by atoms with van der Waals surface area (Å²) in [5.74, 6) is 0. The zero-order chi connectivity index (χ0) is 18.4. The molecule has 0 nitrogen and oxygen atoms in total. The maximum absolute atomic E-state index is 4.09. The van der Waals surface area contributed by atoms with Crippen molar-refractivity contribution in [2.24, 2.45) is 0 Å². The Morgan fingerprint density at radius 1 is 0.960 bits per heavy atom. The van der Waals surface area contributed by atoms with Crippen LogP contribution in [0.25, 0.3) is 11.1 Å². The van der Waals surface area contributed by atoms with Crippen LogP contribution in [-0.2, 0) is 6.42 Å². The van der Waals surface area contributed by atoms with Gasteiger partial charge in [-0.15, -0.1) is 0 Å². The summed E-state index contributed by atoms with van der Waals surface area (Å²) < 4.78 is 0. The van der Waals surface area contributed by atoms with Gasteiger partial charge in [0.1, 0.15) is 0 Å². The van der Waals surface area contributed by atoms with Gasteiger partial charge in [0.15, 0.2) is 0 Å². The molecular weight excluding hydrogens is 300 g/mol. The Kier molecular flexibility index (Phi) is 6.58. The molecule has 2 rings (SSSR count). The van der Waals surface area contributed by atoms with Crippen molar-refractivity contribution in [3.05, 3.63) is 94.6 Å². The lowest BCUT2D eigenvalue weighted by Gasteiger charge is -2.17. The van der Waals surface area contributed by atoms with Gasteiger partial charge in [-0.3, -0.25) is 0 Å². The molecule has 0 heteroatoms. The summed E-state index contributed by atoms with van der Waals surface area (Å²) in [6.07, 6.45) is 4.27. The zero-order valence-corrected chi connectivity index (χ0v) is 16.3. The molecule has 0 aromatic heterocycles. The molecule has 0 bridgehead atoms. The number of benzene rings is 2. The molecular formula is C25H30. The summed E-state index contributed by atoms with van der Waals surface area (Å²) in [7, 11) is 0. The first kappa shape index (κ1) is 19.0. The lowest BCUT2D eigenvalue weighted by Crippen LogP contribution is -1.96. The van der Waals surface area contributed by atoms with Crippen molar-refractivity contribution in [2.45, 2.75) is 47.5 Å². The molecule has 0 aliphatic carbocycles. The number of aryl methyl sites for hydroxylation is 2. The molecule has 0 heterocycles. The van der Waals surface area contributed by atoms with Crippen molar-refractivity contribution < 1.29 is 0 Å². The summed E-state index contributed by atoms with van der Waals surface area (Å²) in [5.41, 5.74) is 10.3. The van der Waals surface area contributed by atoms with E-state index in [0.29, 0.717) is 0 Å². The van der Waals surface area contributed by atoms with E-state index in [9.17, 15) is 0 Å². The fourth-order valence-electron chi connectivity index (χ4n) is 3.25. The third-order valence-corrected chi connectivity index (χ3v) is 4.63. The topological polar surface area (TPSA) is 0 Å². The highest BCUT2D eigenvalue weighted by atomic mass is 14.2. The molecule has 2 aromatic rings. The predicted octanol–water partition coefficient (Wildman–Crippen LogP) is 7.40. The second kappa shape index (κ2) is 8.67. The van der Waals surface area contributed by atoms with Crippen molar-refractivity contribution in [3.8, 4) is 0 Å². The molecule has 0 saturated carbocycles. The van der Waals surface area contributed by atoms with Crippen molar-refractivity contribution in [2.75, 3.05) is 0 Å². The van der Waals surface area contributed by atoms with Crippen LogP contribution in [0.4, 0.5) is 0 Å². The summed E-state index contributed by atoms with van der Waals surface area (Å²) in [6.45, 7) is 15.0. The summed E-state index contributed by atoms with van der Waals surface area (Å²) in [6, 6.07) is 17.7. The van der Waals surface area contributed by atoms with E-state index in [4.69, 9.17) is 0 Å². The average Bonchev–Trinajstić information content (AvgIpc) is 2.60. The van der Waals surface area contributed by atoms with Crippen LogP contribution < -0.4 is 0 Å². The van der Waals surface area contributed by atoms with E-state index < -0.39 is 0 Å². The highest BCUT2D eigenvalue weighted by Crippen LogP contribution is 2.34. The third-order valence-electron chi connectivity index (χ3n) is 4.63. The second-order valence-corrected chi connectivity index (χ2v) is 6.93. The van der Waals surface area contributed by atoms with Crippen LogP contribution in [-0.4, -0.2) is 0 Å². The van der Waals surface area contributed by atoms with Crippen LogP contribution in [0.2, 0.25) is 0 Å². The largest absolute Gasteiger partial charge is 0.0984 e. The van der Waals surface area contributed by atoms with Gasteiger partial charge in [0.2, 0.25) is 0 Å². The second-order valence-electron chi connectivity index (χ2n) is 6.93. The Bertz CT molecular complexity index is 794. The van der Waals surface area contributed by atoms with Crippen LogP contribution in [0.1, 0.15) is 56.4 Å². The lowest BCUT2D eigenvalue weighted by atomic mass is 9.87. The standard InChI is InChI=1S/C25H30/c1-7-10-21-11-9-12-23(17-21)25(24(8-2)18(3)4)20(6)22-15-13-19(5)14-16-22/h8-9,11-17H,2,7,10H2,1,3-6H3/b25-20+. The molecule has 0 spiro atoms. The van der Waals surface area contributed by atoms with Crippen LogP contribution in [0, 0.1) is 6.92 Å². The number of hydrogen-bond donors (Lipinski definition) is 0.